The Morgan fingerprint density at radius 2 is 1.92 bits per heavy atom. The normalized spacial score (nSPS) is 13.4. The van der Waals surface area contributed by atoms with Gasteiger partial charge in [0.25, 0.3) is 0 Å². The van der Waals surface area contributed by atoms with Gasteiger partial charge in [-0.25, -0.2) is 0 Å². The molecule has 0 N–H and O–H groups in total. The van der Waals surface area contributed by atoms with Crippen molar-refractivity contribution in [3.63, 3.8) is 0 Å². The largest absolute Gasteiger partial charge is 0.465 e. The molecule has 0 saturated heterocycles. The van der Waals surface area contributed by atoms with E-state index in [4.69, 9.17) is 9.47 Å². The SMILES string of the molecule is COC(C)CCOC(=O)CSC(C)=NOS(=O)(=O)c1ccc(C)cc1. The Morgan fingerprint density at radius 3 is 2.52 bits per heavy atom. The highest BCUT2D eigenvalue weighted by Gasteiger charge is 2.15. The molecular weight excluding hydrogens is 366 g/mol. The first-order valence-corrected chi connectivity index (χ1v) is 10.00. The number of methoxy groups -OCH3 is 1. The van der Waals surface area contributed by atoms with Crippen LogP contribution in [0.25, 0.3) is 0 Å². The van der Waals surface area contributed by atoms with Crippen molar-refractivity contribution in [1.82, 2.24) is 0 Å². The molecule has 0 aliphatic rings. The summed E-state index contributed by atoms with van der Waals surface area (Å²) in [5.41, 5.74) is 0.938. The number of nitrogens with zero attached hydrogens (tertiary/aromatic N) is 1. The molecule has 0 aliphatic carbocycles. The molecule has 0 spiro atoms. The van der Waals surface area contributed by atoms with Gasteiger partial charge in [-0.1, -0.05) is 34.6 Å². The molecule has 0 heterocycles. The zero-order chi connectivity index (χ0) is 18.9. The summed E-state index contributed by atoms with van der Waals surface area (Å²) in [6.07, 6.45) is 0.627. The van der Waals surface area contributed by atoms with Gasteiger partial charge in [-0.2, -0.15) is 8.42 Å². The van der Waals surface area contributed by atoms with Crippen molar-refractivity contribution in [1.29, 1.82) is 0 Å². The molecule has 1 aromatic carbocycles. The molecule has 9 heteroatoms. The van der Waals surface area contributed by atoms with Crippen molar-refractivity contribution in [2.24, 2.45) is 5.16 Å². The molecule has 0 amide bonds. The zero-order valence-corrected chi connectivity index (χ0v) is 16.4. The second kappa shape index (κ2) is 10.4. The molecule has 1 atom stereocenters. The van der Waals surface area contributed by atoms with Crippen molar-refractivity contribution in [2.75, 3.05) is 19.5 Å². The number of oxime groups is 1. The number of rotatable bonds is 9. The molecule has 0 fully saturated rings. The van der Waals surface area contributed by atoms with Gasteiger partial charge < -0.3 is 9.47 Å². The van der Waals surface area contributed by atoms with Crippen LogP contribution in [0, 0.1) is 6.92 Å². The van der Waals surface area contributed by atoms with Crippen LogP contribution in [0.4, 0.5) is 0 Å². The van der Waals surface area contributed by atoms with E-state index >= 15 is 0 Å². The molecule has 0 saturated carbocycles. The Balaban J connectivity index is 2.42. The maximum Gasteiger partial charge on any atom is 0.358 e. The van der Waals surface area contributed by atoms with Crippen LogP contribution < -0.4 is 0 Å². The summed E-state index contributed by atoms with van der Waals surface area (Å²) < 4.78 is 38.7. The third-order valence-corrected chi connectivity index (χ3v) is 5.15. The summed E-state index contributed by atoms with van der Waals surface area (Å²) >= 11 is 1.04. The molecule has 0 aliphatic heterocycles. The highest BCUT2D eigenvalue weighted by Crippen LogP contribution is 2.15. The van der Waals surface area contributed by atoms with Crippen LogP contribution in [0.3, 0.4) is 0 Å². The Bertz CT molecular complexity index is 685. The van der Waals surface area contributed by atoms with Crippen LogP contribution in [0.2, 0.25) is 0 Å². The molecule has 1 rings (SSSR count). The van der Waals surface area contributed by atoms with Crippen molar-refractivity contribution < 1.29 is 27.0 Å². The lowest BCUT2D eigenvalue weighted by atomic mass is 10.2. The monoisotopic (exact) mass is 389 g/mol. The zero-order valence-electron chi connectivity index (χ0n) is 14.7. The number of hydrogen-bond donors (Lipinski definition) is 0. The number of esters is 1. The van der Waals surface area contributed by atoms with Crippen LogP contribution >= 0.6 is 11.8 Å². The van der Waals surface area contributed by atoms with Crippen molar-refractivity contribution in [2.45, 2.75) is 38.2 Å². The summed E-state index contributed by atoms with van der Waals surface area (Å²) in [7, 11) is -2.38. The first kappa shape index (κ1) is 21.5. The average molecular weight is 389 g/mol. The number of aryl methyl sites for hydroxylation is 1. The summed E-state index contributed by atoms with van der Waals surface area (Å²) in [6, 6.07) is 6.23. The number of carbonyl (C=O) groups is 1. The van der Waals surface area contributed by atoms with Gasteiger partial charge in [-0.3, -0.25) is 9.08 Å². The van der Waals surface area contributed by atoms with Crippen molar-refractivity contribution in [3.05, 3.63) is 29.8 Å². The molecule has 25 heavy (non-hydrogen) atoms. The second-order valence-corrected chi connectivity index (χ2v) is 7.99. The maximum absolute atomic E-state index is 12.0. The molecule has 0 radical (unpaired) electrons. The summed E-state index contributed by atoms with van der Waals surface area (Å²) in [5, 5.41) is 3.86. The van der Waals surface area contributed by atoms with E-state index in [2.05, 4.69) is 9.44 Å². The summed E-state index contributed by atoms with van der Waals surface area (Å²) in [5.74, 6) is -0.394. The molecule has 1 unspecified atom stereocenters. The van der Waals surface area contributed by atoms with Gasteiger partial charge >= 0.3 is 16.1 Å². The number of hydrogen-bond acceptors (Lipinski definition) is 8. The van der Waals surface area contributed by atoms with E-state index in [9.17, 15) is 13.2 Å². The molecular formula is C16H23NO6S2. The van der Waals surface area contributed by atoms with E-state index in [0.29, 0.717) is 11.5 Å². The van der Waals surface area contributed by atoms with Crippen LogP contribution in [-0.4, -0.2) is 45.0 Å². The smallest absolute Gasteiger partial charge is 0.358 e. The third-order valence-electron chi connectivity index (χ3n) is 3.16. The van der Waals surface area contributed by atoms with Gasteiger partial charge in [-0.05, 0) is 32.9 Å². The third kappa shape index (κ3) is 8.37. The van der Waals surface area contributed by atoms with Gasteiger partial charge in [0.15, 0.2) is 0 Å². The van der Waals surface area contributed by atoms with E-state index in [0.717, 1.165) is 17.3 Å². The van der Waals surface area contributed by atoms with Crippen LogP contribution in [0.15, 0.2) is 34.3 Å². The Hall–Kier alpha value is -1.58. The fourth-order valence-electron chi connectivity index (χ4n) is 1.54. The van der Waals surface area contributed by atoms with Crippen LogP contribution in [0.1, 0.15) is 25.8 Å². The van der Waals surface area contributed by atoms with Crippen LogP contribution in [-0.2, 0) is 28.7 Å². The highest BCUT2D eigenvalue weighted by molar-refractivity contribution is 8.14. The second-order valence-electron chi connectivity index (χ2n) is 5.30. The van der Waals surface area contributed by atoms with E-state index in [1.54, 1.807) is 26.2 Å². The molecule has 0 aromatic heterocycles. The lowest BCUT2D eigenvalue weighted by Gasteiger charge is -2.09. The van der Waals surface area contributed by atoms with Gasteiger partial charge in [0.05, 0.1) is 18.5 Å². The van der Waals surface area contributed by atoms with E-state index < -0.39 is 16.1 Å². The van der Waals surface area contributed by atoms with Gasteiger partial charge in [0.1, 0.15) is 9.94 Å². The van der Waals surface area contributed by atoms with Gasteiger partial charge in [0.2, 0.25) is 0 Å². The first-order valence-electron chi connectivity index (χ1n) is 7.60. The fraction of sp³-hybridized carbons (Fsp3) is 0.500. The van der Waals surface area contributed by atoms with Gasteiger partial charge in [-0.15, -0.1) is 0 Å². The van der Waals surface area contributed by atoms with Crippen LogP contribution in [0.5, 0.6) is 0 Å². The quantitative estimate of drug-likeness (QED) is 0.277. The number of carbonyl (C=O) groups excluding carboxylic acids is 1. The minimum absolute atomic E-state index is 0.0177. The van der Waals surface area contributed by atoms with E-state index in [-0.39, 0.29) is 23.4 Å². The maximum atomic E-state index is 12.0. The predicted octanol–water partition coefficient (Wildman–Crippen LogP) is 2.74. The fourth-order valence-corrected chi connectivity index (χ4v) is 2.85. The molecule has 7 nitrogen and oxygen atoms in total. The number of thioether (sulfide) groups is 1. The molecule has 1 aromatic rings. The van der Waals surface area contributed by atoms with Crippen molar-refractivity contribution >= 4 is 32.9 Å². The Morgan fingerprint density at radius 1 is 1.28 bits per heavy atom. The highest BCUT2D eigenvalue weighted by atomic mass is 32.2. The van der Waals surface area contributed by atoms with Gasteiger partial charge in [0, 0.05) is 13.5 Å². The van der Waals surface area contributed by atoms with E-state index in [1.807, 2.05) is 13.8 Å². The lowest BCUT2D eigenvalue weighted by molar-refractivity contribution is -0.141. The summed E-state index contributed by atoms with van der Waals surface area (Å²) in [4.78, 5) is 11.6. The summed E-state index contributed by atoms with van der Waals surface area (Å²) in [6.45, 7) is 5.55. The number of ether oxygens (including phenoxy) is 2. The minimum atomic E-state index is -3.97. The Kier molecular flexibility index (Phi) is 8.95. The average Bonchev–Trinajstić information content (AvgIpc) is 2.58. The lowest BCUT2D eigenvalue weighted by Crippen LogP contribution is -2.14. The number of benzene rings is 1. The minimum Gasteiger partial charge on any atom is -0.465 e. The van der Waals surface area contributed by atoms with E-state index in [1.165, 1.54) is 12.1 Å². The van der Waals surface area contributed by atoms with Crippen molar-refractivity contribution in [3.8, 4) is 0 Å². The predicted molar refractivity (Wildman–Crippen MR) is 97.1 cm³/mol. The molecule has 140 valence electrons. The topological polar surface area (TPSA) is 91.3 Å². The first-order chi connectivity index (χ1) is 11.7. The molecule has 0 bridgehead atoms. The Labute approximate surface area is 152 Å². The standard InChI is InChI=1S/C16H23NO6S2/c1-12-5-7-15(8-6-12)25(19,20)23-17-14(3)24-11-16(18)22-10-9-13(2)21-4/h5-8,13H,9-11H2,1-4H3.